The molecule has 2 aromatic heterocycles. The van der Waals surface area contributed by atoms with Gasteiger partial charge in [-0.3, -0.25) is 4.98 Å². The van der Waals surface area contributed by atoms with Gasteiger partial charge in [0.25, 0.3) is 0 Å². The van der Waals surface area contributed by atoms with Crippen molar-refractivity contribution in [1.29, 1.82) is 0 Å². The van der Waals surface area contributed by atoms with Gasteiger partial charge in [-0.2, -0.15) is 0 Å². The van der Waals surface area contributed by atoms with Gasteiger partial charge in [-0.1, -0.05) is 31.5 Å². The first kappa shape index (κ1) is 13.1. The van der Waals surface area contributed by atoms with Crippen molar-refractivity contribution in [3.05, 3.63) is 52.9 Å². The summed E-state index contributed by atoms with van der Waals surface area (Å²) in [6, 6.07) is 8.73. The lowest BCUT2D eigenvalue weighted by molar-refractivity contribution is 0.640. The molecule has 0 unspecified atom stereocenters. The van der Waals surface area contributed by atoms with Gasteiger partial charge in [0.2, 0.25) is 0 Å². The summed E-state index contributed by atoms with van der Waals surface area (Å²) in [4.78, 5) is 7.52. The molecule has 0 aliphatic heterocycles. The van der Waals surface area contributed by atoms with Crippen LogP contribution in [0.15, 0.2) is 36.5 Å². The van der Waals surface area contributed by atoms with Gasteiger partial charge in [0.15, 0.2) is 0 Å². The number of rotatable bonds is 2. The lowest BCUT2D eigenvalue weighted by Crippen LogP contribution is -1.92. The number of hydrogen-bond acceptors (Lipinski definition) is 1. The van der Waals surface area contributed by atoms with Crippen molar-refractivity contribution < 1.29 is 4.39 Å². The van der Waals surface area contributed by atoms with E-state index < -0.39 is 0 Å². The number of benzene rings is 1. The van der Waals surface area contributed by atoms with Crippen LogP contribution in [0.2, 0.25) is 5.02 Å². The van der Waals surface area contributed by atoms with Gasteiger partial charge in [-0.15, -0.1) is 0 Å². The van der Waals surface area contributed by atoms with Crippen molar-refractivity contribution in [2.75, 3.05) is 0 Å². The van der Waals surface area contributed by atoms with Crippen LogP contribution >= 0.6 is 11.6 Å². The largest absolute Gasteiger partial charge is 0.353 e. The minimum absolute atomic E-state index is 0.233. The van der Waals surface area contributed by atoms with E-state index in [2.05, 4.69) is 23.8 Å². The van der Waals surface area contributed by atoms with Crippen molar-refractivity contribution in [1.82, 2.24) is 9.97 Å². The third-order valence-corrected chi connectivity index (χ3v) is 3.71. The first-order valence-electron chi connectivity index (χ1n) is 6.49. The fraction of sp³-hybridized carbons (Fsp3) is 0.188. The fourth-order valence-electron chi connectivity index (χ4n) is 2.30. The maximum absolute atomic E-state index is 13.7. The molecule has 20 heavy (non-hydrogen) atoms. The molecule has 0 fully saturated rings. The molecule has 2 nitrogen and oxygen atoms in total. The van der Waals surface area contributed by atoms with Crippen LogP contribution in [-0.2, 0) is 0 Å². The summed E-state index contributed by atoms with van der Waals surface area (Å²) < 4.78 is 13.7. The molecule has 0 aliphatic rings. The van der Waals surface area contributed by atoms with E-state index in [4.69, 9.17) is 11.6 Å². The lowest BCUT2D eigenvalue weighted by Gasteiger charge is -2.09. The molecule has 0 spiro atoms. The van der Waals surface area contributed by atoms with Gasteiger partial charge in [0.05, 0.1) is 16.4 Å². The van der Waals surface area contributed by atoms with Gasteiger partial charge in [-0.25, -0.2) is 4.39 Å². The number of fused-ring (bicyclic) bond motifs is 1. The highest BCUT2D eigenvalue weighted by Crippen LogP contribution is 2.29. The molecule has 0 saturated heterocycles. The molecular weight excluding hydrogens is 275 g/mol. The summed E-state index contributed by atoms with van der Waals surface area (Å²) in [5, 5.41) is 1.23. The van der Waals surface area contributed by atoms with Crippen LogP contribution in [0.4, 0.5) is 4.39 Å². The maximum atomic E-state index is 13.7. The normalized spacial score (nSPS) is 11.4. The molecule has 1 N–H and O–H groups in total. The summed E-state index contributed by atoms with van der Waals surface area (Å²) in [7, 11) is 0. The molecule has 102 valence electrons. The molecule has 0 radical (unpaired) electrons. The van der Waals surface area contributed by atoms with Gasteiger partial charge in [0.1, 0.15) is 5.82 Å². The highest BCUT2D eigenvalue weighted by atomic mass is 35.5. The van der Waals surface area contributed by atoms with Gasteiger partial charge in [0, 0.05) is 17.1 Å². The quantitative estimate of drug-likeness (QED) is 0.694. The molecule has 0 bridgehead atoms. The molecule has 2 heterocycles. The molecule has 4 heteroatoms. The fourth-order valence-corrected chi connectivity index (χ4v) is 2.62. The third kappa shape index (κ3) is 2.18. The van der Waals surface area contributed by atoms with Gasteiger partial charge in [-0.05, 0) is 35.7 Å². The number of halogens is 2. The van der Waals surface area contributed by atoms with Crippen molar-refractivity contribution in [3.8, 4) is 11.4 Å². The molecule has 0 aliphatic carbocycles. The first-order valence-corrected chi connectivity index (χ1v) is 6.87. The van der Waals surface area contributed by atoms with E-state index >= 15 is 0 Å². The minimum atomic E-state index is -0.233. The molecule has 1 aromatic carbocycles. The van der Waals surface area contributed by atoms with Crippen LogP contribution in [0, 0.1) is 5.82 Å². The SMILES string of the molecule is CC(C)c1cc(-c2cc3c(F)cccc3[nH]2)ncc1Cl. The number of nitrogens with zero attached hydrogens (tertiary/aromatic N) is 1. The van der Waals surface area contributed by atoms with Crippen molar-refractivity contribution in [2.24, 2.45) is 0 Å². The maximum Gasteiger partial charge on any atom is 0.132 e. The van der Waals surface area contributed by atoms with Crippen LogP contribution in [-0.4, -0.2) is 9.97 Å². The molecule has 0 amide bonds. The van der Waals surface area contributed by atoms with E-state index in [1.807, 2.05) is 12.1 Å². The Labute approximate surface area is 121 Å². The average molecular weight is 289 g/mol. The topological polar surface area (TPSA) is 28.7 Å². The zero-order valence-electron chi connectivity index (χ0n) is 11.2. The smallest absolute Gasteiger partial charge is 0.132 e. The van der Waals surface area contributed by atoms with Crippen LogP contribution < -0.4 is 0 Å². The van der Waals surface area contributed by atoms with E-state index in [1.165, 1.54) is 6.07 Å². The predicted octanol–water partition coefficient (Wildman–Crippen LogP) is 5.15. The van der Waals surface area contributed by atoms with Crippen LogP contribution in [0.1, 0.15) is 25.3 Å². The van der Waals surface area contributed by atoms with Crippen molar-refractivity contribution in [2.45, 2.75) is 19.8 Å². The number of aromatic nitrogens is 2. The minimum Gasteiger partial charge on any atom is -0.353 e. The van der Waals surface area contributed by atoms with E-state index in [0.29, 0.717) is 16.3 Å². The van der Waals surface area contributed by atoms with E-state index in [0.717, 1.165) is 22.5 Å². The molecule has 0 saturated carbocycles. The Bertz CT molecular complexity index is 777. The summed E-state index contributed by atoms with van der Waals surface area (Å²) in [6.07, 6.45) is 1.65. The summed E-state index contributed by atoms with van der Waals surface area (Å²) >= 11 is 6.15. The summed E-state index contributed by atoms with van der Waals surface area (Å²) in [6.45, 7) is 4.16. The number of pyridine rings is 1. The van der Waals surface area contributed by atoms with Gasteiger partial charge < -0.3 is 4.98 Å². The lowest BCUT2D eigenvalue weighted by atomic mass is 10.0. The molecule has 3 aromatic rings. The predicted molar refractivity (Wildman–Crippen MR) is 80.6 cm³/mol. The Balaban J connectivity index is 2.16. The Morgan fingerprint density at radius 1 is 1.25 bits per heavy atom. The van der Waals surface area contributed by atoms with E-state index in [-0.39, 0.29) is 5.82 Å². The molecular formula is C16H14ClFN2. The number of aromatic amines is 1. The second kappa shape index (κ2) is 4.91. The van der Waals surface area contributed by atoms with E-state index in [9.17, 15) is 4.39 Å². The zero-order chi connectivity index (χ0) is 14.3. The number of hydrogen-bond donors (Lipinski definition) is 1. The second-order valence-electron chi connectivity index (χ2n) is 5.13. The monoisotopic (exact) mass is 288 g/mol. The number of H-pyrrole nitrogens is 1. The highest BCUT2D eigenvalue weighted by molar-refractivity contribution is 6.31. The molecule has 3 rings (SSSR count). The van der Waals surface area contributed by atoms with Crippen LogP contribution in [0.3, 0.4) is 0 Å². The highest BCUT2D eigenvalue weighted by Gasteiger charge is 2.11. The number of nitrogens with one attached hydrogen (secondary N) is 1. The first-order chi connectivity index (χ1) is 9.56. The Morgan fingerprint density at radius 3 is 2.75 bits per heavy atom. The van der Waals surface area contributed by atoms with Crippen molar-refractivity contribution in [3.63, 3.8) is 0 Å². The Morgan fingerprint density at radius 2 is 2.05 bits per heavy atom. The van der Waals surface area contributed by atoms with Gasteiger partial charge >= 0.3 is 0 Å². The standard InChI is InChI=1S/C16H14ClFN2/c1-9(2)10-6-15(19-8-12(10)17)16-7-11-13(18)4-3-5-14(11)20-16/h3-9,20H,1-2H3. The van der Waals surface area contributed by atoms with E-state index in [1.54, 1.807) is 18.3 Å². The van der Waals surface area contributed by atoms with Crippen molar-refractivity contribution >= 4 is 22.5 Å². The van der Waals surface area contributed by atoms with Crippen LogP contribution in [0.25, 0.3) is 22.3 Å². The Hall–Kier alpha value is -1.87. The second-order valence-corrected chi connectivity index (χ2v) is 5.54. The average Bonchev–Trinajstić information content (AvgIpc) is 2.84. The summed E-state index contributed by atoms with van der Waals surface area (Å²) in [5.74, 6) is 0.0772. The zero-order valence-corrected chi connectivity index (χ0v) is 12.0. The van der Waals surface area contributed by atoms with Crippen LogP contribution in [0.5, 0.6) is 0 Å². The third-order valence-electron chi connectivity index (χ3n) is 3.39. The molecule has 0 atom stereocenters. The summed E-state index contributed by atoms with van der Waals surface area (Å²) in [5.41, 5.74) is 3.37. The Kier molecular flexibility index (Phi) is 3.22.